The van der Waals surface area contributed by atoms with E-state index >= 15 is 0 Å². The van der Waals surface area contributed by atoms with E-state index in [1.54, 1.807) is 19.9 Å². The number of anilines is 1. The Morgan fingerprint density at radius 3 is 2.96 bits per heavy atom. The molecule has 1 aliphatic heterocycles. The predicted molar refractivity (Wildman–Crippen MR) is 89.8 cm³/mol. The van der Waals surface area contributed by atoms with Gasteiger partial charge >= 0.3 is 0 Å². The molecule has 0 spiro atoms. The zero-order chi connectivity index (χ0) is 17.6. The first-order valence-electron chi connectivity index (χ1n) is 8.56. The van der Waals surface area contributed by atoms with Gasteiger partial charge in [0, 0.05) is 38.5 Å². The fraction of sp³-hybridized carbons (Fsp3) is 0.625. The molecule has 3 rings (SSSR count). The Labute approximate surface area is 146 Å². The van der Waals surface area contributed by atoms with Crippen LogP contribution < -0.4 is 10.6 Å². The van der Waals surface area contributed by atoms with Gasteiger partial charge in [-0.1, -0.05) is 10.3 Å². The van der Waals surface area contributed by atoms with Crippen LogP contribution in [0.4, 0.5) is 5.82 Å². The SMILES string of the molecule is Cc1cc(NC(=O)CCN[C@H]2CCCN(Cc3noc(C)n3)C2)no1. The molecule has 136 valence electrons. The van der Waals surface area contributed by atoms with E-state index in [-0.39, 0.29) is 5.91 Å². The van der Waals surface area contributed by atoms with Crippen molar-refractivity contribution in [1.82, 2.24) is 25.5 Å². The number of aryl methyl sites for hydroxylation is 2. The van der Waals surface area contributed by atoms with Crippen molar-refractivity contribution in [2.45, 2.75) is 45.7 Å². The molecule has 1 saturated heterocycles. The Morgan fingerprint density at radius 2 is 2.24 bits per heavy atom. The second-order valence-electron chi connectivity index (χ2n) is 6.38. The lowest BCUT2D eigenvalue weighted by Crippen LogP contribution is -2.46. The van der Waals surface area contributed by atoms with Crippen LogP contribution in [0.1, 0.15) is 36.7 Å². The summed E-state index contributed by atoms with van der Waals surface area (Å²) in [6.07, 6.45) is 2.61. The zero-order valence-corrected chi connectivity index (χ0v) is 14.6. The van der Waals surface area contributed by atoms with Crippen molar-refractivity contribution < 1.29 is 13.8 Å². The quantitative estimate of drug-likeness (QED) is 0.769. The number of likely N-dealkylation sites (tertiary alicyclic amines) is 1. The Bertz CT molecular complexity index is 698. The summed E-state index contributed by atoms with van der Waals surface area (Å²) in [5, 5.41) is 13.9. The summed E-state index contributed by atoms with van der Waals surface area (Å²) >= 11 is 0. The Morgan fingerprint density at radius 1 is 1.36 bits per heavy atom. The third-order valence-electron chi connectivity index (χ3n) is 4.12. The zero-order valence-electron chi connectivity index (χ0n) is 14.6. The molecular formula is C16H24N6O3. The van der Waals surface area contributed by atoms with Crippen LogP contribution in [-0.2, 0) is 11.3 Å². The second-order valence-corrected chi connectivity index (χ2v) is 6.38. The highest BCUT2D eigenvalue weighted by Crippen LogP contribution is 2.13. The van der Waals surface area contributed by atoms with Crippen LogP contribution in [0.25, 0.3) is 0 Å². The van der Waals surface area contributed by atoms with Crippen molar-refractivity contribution in [2.75, 3.05) is 25.0 Å². The summed E-state index contributed by atoms with van der Waals surface area (Å²) in [7, 11) is 0. The molecule has 2 N–H and O–H groups in total. The topological polar surface area (TPSA) is 109 Å². The smallest absolute Gasteiger partial charge is 0.226 e. The van der Waals surface area contributed by atoms with E-state index in [2.05, 4.69) is 30.8 Å². The van der Waals surface area contributed by atoms with Gasteiger partial charge in [-0.15, -0.1) is 0 Å². The van der Waals surface area contributed by atoms with Crippen molar-refractivity contribution >= 4 is 11.7 Å². The molecule has 2 aromatic rings. The molecule has 0 aliphatic carbocycles. The van der Waals surface area contributed by atoms with Crippen LogP contribution in [0.2, 0.25) is 0 Å². The number of hydrogen-bond acceptors (Lipinski definition) is 8. The van der Waals surface area contributed by atoms with Gasteiger partial charge < -0.3 is 19.7 Å². The van der Waals surface area contributed by atoms with Crippen LogP contribution in [0.15, 0.2) is 15.1 Å². The maximum atomic E-state index is 11.9. The van der Waals surface area contributed by atoms with E-state index in [0.29, 0.717) is 43.0 Å². The molecule has 0 bridgehead atoms. The molecule has 25 heavy (non-hydrogen) atoms. The van der Waals surface area contributed by atoms with Gasteiger partial charge in [0.1, 0.15) is 5.76 Å². The number of nitrogens with zero attached hydrogens (tertiary/aromatic N) is 4. The number of piperidine rings is 1. The molecule has 1 amide bonds. The van der Waals surface area contributed by atoms with E-state index in [1.165, 1.54) is 0 Å². The van der Waals surface area contributed by atoms with Crippen LogP contribution in [-0.4, -0.2) is 51.8 Å². The van der Waals surface area contributed by atoms with Crippen LogP contribution >= 0.6 is 0 Å². The van der Waals surface area contributed by atoms with E-state index in [0.717, 1.165) is 31.8 Å². The largest absolute Gasteiger partial charge is 0.360 e. The third-order valence-corrected chi connectivity index (χ3v) is 4.12. The lowest BCUT2D eigenvalue weighted by atomic mass is 10.1. The lowest BCUT2D eigenvalue weighted by molar-refractivity contribution is -0.116. The molecule has 0 unspecified atom stereocenters. The fourth-order valence-corrected chi connectivity index (χ4v) is 2.99. The molecule has 0 aromatic carbocycles. The minimum Gasteiger partial charge on any atom is -0.360 e. The highest BCUT2D eigenvalue weighted by molar-refractivity contribution is 5.89. The predicted octanol–water partition coefficient (Wildman–Crippen LogP) is 1.26. The summed E-state index contributed by atoms with van der Waals surface area (Å²) < 4.78 is 9.94. The number of amides is 1. The van der Waals surface area contributed by atoms with Gasteiger partial charge in [0.25, 0.3) is 0 Å². The maximum absolute atomic E-state index is 11.9. The number of hydrogen-bond donors (Lipinski definition) is 2. The number of carbonyl (C=O) groups is 1. The van der Waals surface area contributed by atoms with Gasteiger partial charge in [0.2, 0.25) is 11.8 Å². The second kappa shape index (κ2) is 8.21. The van der Waals surface area contributed by atoms with Crippen LogP contribution in [0.5, 0.6) is 0 Å². The summed E-state index contributed by atoms with van der Waals surface area (Å²) in [6, 6.07) is 2.06. The average molecular weight is 348 g/mol. The molecule has 0 radical (unpaired) electrons. The first kappa shape index (κ1) is 17.6. The van der Waals surface area contributed by atoms with Crippen LogP contribution in [0.3, 0.4) is 0 Å². The van der Waals surface area contributed by atoms with Gasteiger partial charge in [0.15, 0.2) is 11.6 Å². The molecule has 1 fully saturated rings. The van der Waals surface area contributed by atoms with E-state index in [9.17, 15) is 4.79 Å². The monoisotopic (exact) mass is 348 g/mol. The lowest BCUT2D eigenvalue weighted by Gasteiger charge is -2.32. The maximum Gasteiger partial charge on any atom is 0.226 e. The molecule has 3 heterocycles. The van der Waals surface area contributed by atoms with Crippen molar-refractivity contribution in [3.05, 3.63) is 23.5 Å². The third kappa shape index (κ3) is 5.36. The van der Waals surface area contributed by atoms with Gasteiger partial charge in [-0.2, -0.15) is 4.98 Å². The molecule has 0 saturated carbocycles. The molecule has 1 atom stereocenters. The summed E-state index contributed by atoms with van der Waals surface area (Å²) in [6.45, 7) is 6.84. The molecule has 9 heteroatoms. The minimum absolute atomic E-state index is 0.0734. The normalized spacial score (nSPS) is 18.4. The highest BCUT2D eigenvalue weighted by atomic mass is 16.5. The summed E-state index contributed by atoms with van der Waals surface area (Å²) in [5.41, 5.74) is 0. The van der Waals surface area contributed by atoms with E-state index < -0.39 is 0 Å². The van der Waals surface area contributed by atoms with Crippen molar-refractivity contribution in [3.8, 4) is 0 Å². The van der Waals surface area contributed by atoms with Crippen molar-refractivity contribution in [3.63, 3.8) is 0 Å². The number of rotatable bonds is 7. The first-order valence-corrected chi connectivity index (χ1v) is 8.56. The van der Waals surface area contributed by atoms with E-state index in [4.69, 9.17) is 9.05 Å². The number of nitrogens with one attached hydrogen (secondary N) is 2. The minimum atomic E-state index is -0.0734. The Kier molecular flexibility index (Phi) is 5.77. The van der Waals surface area contributed by atoms with E-state index in [1.807, 2.05) is 0 Å². The highest BCUT2D eigenvalue weighted by Gasteiger charge is 2.21. The average Bonchev–Trinajstić information content (AvgIpc) is 3.16. The molecule has 1 aliphatic rings. The van der Waals surface area contributed by atoms with Gasteiger partial charge in [0.05, 0.1) is 6.54 Å². The first-order chi connectivity index (χ1) is 12.1. The van der Waals surface area contributed by atoms with Crippen LogP contribution in [0, 0.1) is 13.8 Å². The summed E-state index contributed by atoms with van der Waals surface area (Å²) in [5.74, 6) is 2.38. The van der Waals surface area contributed by atoms with Gasteiger partial charge in [-0.05, 0) is 26.3 Å². The Balaban J connectivity index is 1.37. The summed E-state index contributed by atoms with van der Waals surface area (Å²) in [4.78, 5) is 18.5. The molecule has 9 nitrogen and oxygen atoms in total. The Hall–Kier alpha value is -2.26. The van der Waals surface area contributed by atoms with Crippen molar-refractivity contribution in [1.29, 1.82) is 0 Å². The molecular weight excluding hydrogens is 324 g/mol. The molecule has 2 aromatic heterocycles. The number of aromatic nitrogens is 3. The standard InChI is InChI=1S/C16H24N6O3/c1-11-8-14(20-24-11)19-16(23)5-6-17-13-4-3-7-22(9-13)10-15-18-12(2)25-21-15/h8,13,17H,3-7,9-10H2,1-2H3,(H,19,20,23)/t13-/m0/s1. The fourth-order valence-electron chi connectivity index (χ4n) is 2.99. The van der Waals surface area contributed by atoms with Gasteiger partial charge in [-0.3, -0.25) is 9.69 Å². The van der Waals surface area contributed by atoms with Gasteiger partial charge in [-0.25, -0.2) is 0 Å². The van der Waals surface area contributed by atoms with Crippen molar-refractivity contribution in [2.24, 2.45) is 0 Å². The number of carbonyl (C=O) groups excluding carboxylic acids is 1.